The van der Waals surface area contributed by atoms with E-state index in [9.17, 15) is 14.4 Å². The molecule has 7 nitrogen and oxygen atoms in total. The summed E-state index contributed by atoms with van der Waals surface area (Å²) in [5.74, 6) is -0.510. The van der Waals surface area contributed by atoms with Gasteiger partial charge in [-0.25, -0.2) is 0 Å². The van der Waals surface area contributed by atoms with Crippen molar-refractivity contribution in [1.29, 1.82) is 0 Å². The maximum absolute atomic E-state index is 13.0. The van der Waals surface area contributed by atoms with Gasteiger partial charge in [0, 0.05) is 12.6 Å². The molecule has 4 rings (SSSR count). The molecule has 32 heavy (non-hydrogen) atoms. The lowest BCUT2D eigenvalue weighted by Crippen LogP contribution is -2.48. The van der Waals surface area contributed by atoms with E-state index in [0.29, 0.717) is 28.4 Å². The predicted octanol–water partition coefficient (Wildman–Crippen LogP) is 4.00. The highest BCUT2D eigenvalue weighted by Crippen LogP contribution is 2.33. The van der Waals surface area contributed by atoms with Crippen molar-refractivity contribution in [2.24, 2.45) is 0 Å². The Hall–Kier alpha value is -4.13. The molecule has 1 aliphatic heterocycles. The zero-order chi connectivity index (χ0) is 22.7. The van der Waals surface area contributed by atoms with E-state index in [2.05, 4.69) is 10.6 Å². The molecule has 2 N–H and O–H groups in total. The van der Waals surface area contributed by atoms with Crippen LogP contribution in [0.2, 0.25) is 0 Å². The molecule has 1 aliphatic rings. The summed E-state index contributed by atoms with van der Waals surface area (Å²) in [6, 6.07) is 21.3. The van der Waals surface area contributed by atoms with Crippen molar-refractivity contribution >= 4 is 34.8 Å². The molecule has 162 valence electrons. The van der Waals surface area contributed by atoms with Gasteiger partial charge in [0.05, 0.1) is 23.5 Å². The molecule has 1 atom stereocenters. The number of hydrogen-bond acceptors (Lipinski definition) is 4. The number of carbonyl (C=O) groups excluding carboxylic acids is 3. The van der Waals surface area contributed by atoms with Crippen LogP contribution in [0, 0.1) is 6.92 Å². The Morgan fingerprint density at radius 3 is 2.47 bits per heavy atom. The lowest BCUT2D eigenvalue weighted by molar-refractivity contribution is -0.123. The second-order valence-corrected chi connectivity index (χ2v) is 7.56. The first-order valence-electron chi connectivity index (χ1n) is 10.2. The van der Waals surface area contributed by atoms with Crippen molar-refractivity contribution < 1.29 is 19.1 Å². The first-order chi connectivity index (χ1) is 15.4. The van der Waals surface area contributed by atoms with Gasteiger partial charge >= 0.3 is 0 Å². The third kappa shape index (κ3) is 4.46. The van der Waals surface area contributed by atoms with Crippen LogP contribution in [0.15, 0.2) is 72.8 Å². The second kappa shape index (κ2) is 8.93. The van der Waals surface area contributed by atoms with Crippen molar-refractivity contribution in [3.63, 3.8) is 0 Å². The van der Waals surface area contributed by atoms with E-state index in [1.165, 1.54) is 11.8 Å². The highest BCUT2D eigenvalue weighted by molar-refractivity contribution is 6.10. The monoisotopic (exact) mass is 429 g/mol. The van der Waals surface area contributed by atoms with E-state index < -0.39 is 12.0 Å². The fourth-order valence-electron chi connectivity index (χ4n) is 3.59. The average Bonchev–Trinajstić information content (AvgIpc) is 2.78. The summed E-state index contributed by atoms with van der Waals surface area (Å²) >= 11 is 0. The Bertz CT molecular complexity index is 1190. The predicted molar refractivity (Wildman–Crippen MR) is 123 cm³/mol. The summed E-state index contributed by atoms with van der Waals surface area (Å²) < 4.78 is 5.85. The largest absolute Gasteiger partial charge is 0.476 e. The molecule has 0 saturated heterocycles. The van der Waals surface area contributed by atoms with Gasteiger partial charge in [-0.2, -0.15) is 0 Å². The van der Waals surface area contributed by atoms with E-state index in [-0.39, 0.29) is 18.4 Å². The van der Waals surface area contributed by atoms with Crippen molar-refractivity contribution in [3.8, 4) is 5.75 Å². The molecule has 0 fully saturated rings. The molecule has 3 aromatic carbocycles. The van der Waals surface area contributed by atoms with Gasteiger partial charge in [-0.15, -0.1) is 0 Å². The number of aryl methyl sites for hydroxylation is 1. The normalized spacial score (nSPS) is 14.7. The van der Waals surface area contributed by atoms with Gasteiger partial charge in [0.15, 0.2) is 6.10 Å². The second-order valence-electron chi connectivity index (χ2n) is 7.56. The summed E-state index contributed by atoms with van der Waals surface area (Å²) in [7, 11) is 0. The SMILES string of the molecule is CC(=O)N1C[C@@H](C(=O)Nc2ccccc2C(=O)Nc2cccc(C)c2)Oc2ccccc21. The molecular weight excluding hydrogens is 406 g/mol. The molecule has 3 aromatic rings. The molecule has 0 unspecified atom stereocenters. The number of hydrogen-bond donors (Lipinski definition) is 2. The van der Waals surface area contributed by atoms with Crippen LogP contribution in [-0.2, 0) is 9.59 Å². The Morgan fingerprint density at radius 2 is 1.69 bits per heavy atom. The minimum Gasteiger partial charge on any atom is -0.476 e. The minimum absolute atomic E-state index is 0.0792. The Kier molecular flexibility index (Phi) is 5.89. The molecule has 1 heterocycles. The fourth-order valence-corrected chi connectivity index (χ4v) is 3.59. The third-order valence-corrected chi connectivity index (χ3v) is 5.15. The Labute approximate surface area is 186 Å². The van der Waals surface area contributed by atoms with E-state index in [1.54, 1.807) is 48.5 Å². The molecule has 3 amide bonds. The van der Waals surface area contributed by atoms with E-state index >= 15 is 0 Å². The van der Waals surface area contributed by atoms with Gasteiger partial charge < -0.3 is 20.3 Å². The summed E-state index contributed by atoms with van der Waals surface area (Å²) in [5.41, 5.74) is 3.00. The van der Waals surface area contributed by atoms with Crippen LogP contribution < -0.4 is 20.3 Å². The fraction of sp³-hybridized carbons (Fsp3) is 0.160. The maximum atomic E-state index is 13.0. The van der Waals surface area contributed by atoms with Gasteiger partial charge in [0.25, 0.3) is 11.8 Å². The smallest absolute Gasteiger partial charge is 0.267 e. The summed E-state index contributed by atoms with van der Waals surface area (Å²) in [5, 5.41) is 5.64. The lowest BCUT2D eigenvalue weighted by Gasteiger charge is -2.33. The first kappa shape index (κ1) is 21.1. The lowest BCUT2D eigenvalue weighted by atomic mass is 10.1. The van der Waals surface area contributed by atoms with Crippen LogP contribution in [0.3, 0.4) is 0 Å². The van der Waals surface area contributed by atoms with Gasteiger partial charge in [-0.3, -0.25) is 14.4 Å². The number of benzene rings is 3. The molecular formula is C25H23N3O4. The average molecular weight is 429 g/mol. The van der Waals surface area contributed by atoms with Gasteiger partial charge in [0.1, 0.15) is 5.75 Å². The van der Waals surface area contributed by atoms with Crippen LogP contribution in [0.1, 0.15) is 22.8 Å². The Balaban J connectivity index is 1.53. The number of nitrogens with zero attached hydrogens (tertiary/aromatic N) is 1. The van der Waals surface area contributed by atoms with Crippen molar-refractivity contribution in [1.82, 2.24) is 0 Å². The number of para-hydroxylation sites is 3. The summed E-state index contributed by atoms with van der Waals surface area (Å²) in [6.45, 7) is 3.47. The van der Waals surface area contributed by atoms with Crippen molar-refractivity contribution in [2.75, 3.05) is 22.1 Å². The van der Waals surface area contributed by atoms with E-state index in [4.69, 9.17) is 4.74 Å². The van der Waals surface area contributed by atoms with Crippen LogP contribution in [0.4, 0.5) is 17.1 Å². The zero-order valence-corrected chi connectivity index (χ0v) is 17.8. The standard InChI is InChI=1S/C25H23N3O4/c1-16-8-7-9-18(14-16)26-24(30)19-10-3-4-11-20(19)27-25(31)23-15-28(17(2)29)21-12-5-6-13-22(21)32-23/h3-14,23H,15H2,1-2H3,(H,26,30)(H,27,31)/t23-/m0/s1. The van der Waals surface area contributed by atoms with Crippen molar-refractivity contribution in [3.05, 3.63) is 83.9 Å². The van der Waals surface area contributed by atoms with Gasteiger partial charge in [-0.05, 0) is 48.9 Å². The number of fused-ring (bicyclic) bond motifs is 1. The molecule has 7 heteroatoms. The number of amides is 3. The molecule has 0 aliphatic carbocycles. The molecule has 0 bridgehead atoms. The maximum Gasteiger partial charge on any atom is 0.267 e. The highest BCUT2D eigenvalue weighted by atomic mass is 16.5. The number of ether oxygens (including phenoxy) is 1. The third-order valence-electron chi connectivity index (χ3n) is 5.15. The van der Waals surface area contributed by atoms with Crippen molar-refractivity contribution in [2.45, 2.75) is 20.0 Å². The Morgan fingerprint density at radius 1 is 0.938 bits per heavy atom. The number of anilines is 3. The van der Waals surface area contributed by atoms with Gasteiger partial charge in [-0.1, -0.05) is 36.4 Å². The number of rotatable bonds is 4. The molecule has 0 radical (unpaired) electrons. The van der Waals surface area contributed by atoms with Gasteiger partial charge in [0.2, 0.25) is 5.91 Å². The number of carbonyl (C=O) groups is 3. The zero-order valence-electron chi connectivity index (χ0n) is 17.8. The quantitative estimate of drug-likeness (QED) is 0.656. The van der Waals surface area contributed by atoms with E-state index in [0.717, 1.165) is 5.56 Å². The minimum atomic E-state index is -0.915. The van der Waals surface area contributed by atoms with Crippen LogP contribution in [-0.4, -0.2) is 30.4 Å². The van der Waals surface area contributed by atoms with Crippen LogP contribution in [0.5, 0.6) is 5.75 Å². The summed E-state index contributed by atoms with van der Waals surface area (Å²) in [6.07, 6.45) is -0.915. The molecule has 0 spiro atoms. The molecule has 0 aromatic heterocycles. The van der Waals surface area contributed by atoms with Crippen LogP contribution in [0.25, 0.3) is 0 Å². The molecule has 0 saturated carbocycles. The highest BCUT2D eigenvalue weighted by Gasteiger charge is 2.33. The summed E-state index contributed by atoms with van der Waals surface area (Å²) in [4.78, 5) is 39.5. The van der Waals surface area contributed by atoms with E-state index in [1.807, 2.05) is 31.2 Å². The van der Waals surface area contributed by atoms with Crippen LogP contribution >= 0.6 is 0 Å². The first-order valence-corrected chi connectivity index (χ1v) is 10.2. The topological polar surface area (TPSA) is 87.7 Å². The number of nitrogens with one attached hydrogen (secondary N) is 2.